The number of hydrogen-bond donors (Lipinski definition) is 0. The first-order chi connectivity index (χ1) is 25.3. The smallest absolute Gasteiger partial charge is 0.0440 e. The van der Waals surface area contributed by atoms with E-state index in [4.69, 9.17) is 0 Å². The van der Waals surface area contributed by atoms with E-state index in [0.717, 1.165) is 0 Å². The number of hydrogen-bond acceptors (Lipinski definition) is 1. The molecule has 0 saturated heterocycles. The average Bonchev–Trinajstić information content (AvgIpc) is 3.59. The molecule has 0 amide bonds. The highest BCUT2D eigenvalue weighted by molar-refractivity contribution is 7.26. The Morgan fingerprint density at radius 1 is 0.275 bits per heavy atom. The van der Waals surface area contributed by atoms with Gasteiger partial charge in [-0.15, -0.1) is 11.3 Å². The minimum absolute atomic E-state index is 1.26. The lowest BCUT2D eigenvalue weighted by molar-refractivity contribution is 1.67. The second-order valence-electron chi connectivity index (χ2n) is 13.6. The van der Waals surface area contributed by atoms with Crippen LogP contribution in [0.3, 0.4) is 0 Å². The van der Waals surface area contributed by atoms with Gasteiger partial charge in [-0.1, -0.05) is 164 Å². The van der Waals surface area contributed by atoms with Crippen molar-refractivity contribution in [1.82, 2.24) is 0 Å². The van der Waals surface area contributed by atoms with Gasteiger partial charge in [0.2, 0.25) is 0 Å². The van der Waals surface area contributed by atoms with Gasteiger partial charge < -0.3 is 0 Å². The Kier molecular flexibility index (Phi) is 6.22. The molecule has 0 bridgehead atoms. The molecule has 0 saturated carbocycles. The molecule has 10 aromatic carbocycles. The third-order valence-corrected chi connectivity index (χ3v) is 12.0. The predicted molar refractivity (Wildman–Crippen MR) is 223 cm³/mol. The van der Waals surface area contributed by atoms with Crippen LogP contribution in [0.15, 0.2) is 182 Å². The van der Waals surface area contributed by atoms with E-state index >= 15 is 0 Å². The van der Waals surface area contributed by atoms with E-state index in [2.05, 4.69) is 182 Å². The molecule has 0 aliphatic carbocycles. The molecule has 0 aliphatic rings. The Bertz CT molecular complexity index is 3050. The minimum Gasteiger partial charge on any atom is -0.135 e. The molecule has 11 rings (SSSR count). The summed E-state index contributed by atoms with van der Waals surface area (Å²) in [5, 5.41) is 15.4. The van der Waals surface area contributed by atoms with Gasteiger partial charge in [0.05, 0.1) is 0 Å². The van der Waals surface area contributed by atoms with Crippen molar-refractivity contribution in [3.63, 3.8) is 0 Å². The summed E-state index contributed by atoms with van der Waals surface area (Å²) in [6, 6.07) is 67.5. The van der Waals surface area contributed by atoms with E-state index in [9.17, 15) is 0 Å². The molecule has 0 N–H and O–H groups in total. The monoisotopic (exact) mass is 662 g/mol. The molecule has 0 unspecified atom stereocenters. The maximum Gasteiger partial charge on any atom is 0.0440 e. The largest absolute Gasteiger partial charge is 0.135 e. The summed E-state index contributed by atoms with van der Waals surface area (Å²) in [6.07, 6.45) is 0. The lowest BCUT2D eigenvalue weighted by Crippen LogP contribution is -1.92. The molecular weight excluding hydrogens is 633 g/mol. The van der Waals surface area contributed by atoms with Crippen LogP contribution in [0.2, 0.25) is 0 Å². The molecule has 0 aliphatic heterocycles. The van der Waals surface area contributed by atoms with E-state index in [1.54, 1.807) is 0 Å². The van der Waals surface area contributed by atoms with E-state index in [0.29, 0.717) is 0 Å². The molecule has 236 valence electrons. The Morgan fingerprint density at radius 3 is 1.31 bits per heavy atom. The second-order valence-corrected chi connectivity index (χ2v) is 14.6. The van der Waals surface area contributed by atoms with Crippen molar-refractivity contribution < 1.29 is 0 Å². The van der Waals surface area contributed by atoms with Gasteiger partial charge in [-0.05, 0) is 99.9 Å². The fourth-order valence-corrected chi connectivity index (χ4v) is 9.85. The third-order valence-electron chi connectivity index (χ3n) is 10.8. The van der Waals surface area contributed by atoms with Crippen LogP contribution >= 0.6 is 11.3 Å². The van der Waals surface area contributed by atoms with Gasteiger partial charge in [0.25, 0.3) is 0 Å². The molecule has 51 heavy (non-hydrogen) atoms. The number of benzene rings is 10. The van der Waals surface area contributed by atoms with Crippen molar-refractivity contribution in [3.8, 4) is 33.4 Å². The van der Waals surface area contributed by atoms with E-state index in [-0.39, 0.29) is 0 Å². The molecule has 0 spiro atoms. The maximum absolute atomic E-state index is 2.48. The fourth-order valence-electron chi connectivity index (χ4n) is 8.61. The second kappa shape index (κ2) is 11.1. The fraction of sp³-hybridized carbons (Fsp3) is 0. The number of rotatable bonds is 3. The lowest BCUT2D eigenvalue weighted by Gasteiger charge is -2.19. The molecule has 0 atom stereocenters. The van der Waals surface area contributed by atoms with Crippen molar-refractivity contribution in [2.24, 2.45) is 0 Å². The number of fused-ring (bicyclic) bond motifs is 9. The van der Waals surface area contributed by atoms with Crippen molar-refractivity contribution in [1.29, 1.82) is 0 Å². The SMILES string of the molecule is c1ccc2c(-c3cccc4c(-c5cc6ccccc6c6c5sc5ccccc56)c5cccc(-c6cccc7ccccc67)c5cc34)cccc2c1. The zero-order chi connectivity index (χ0) is 33.5. The lowest BCUT2D eigenvalue weighted by atomic mass is 9.84. The van der Waals surface area contributed by atoms with Crippen molar-refractivity contribution >= 4 is 85.4 Å². The van der Waals surface area contributed by atoms with Gasteiger partial charge in [0.15, 0.2) is 0 Å². The van der Waals surface area contributed by atoms with Crippen LogP contribution in [-0.2, 0) is 0 Å². The van der Waals surface area contributed by atoms with Crippen LogP contribution < -0.4 is 0 Å². The number of thiophene rings is 1. The highest BCUT2D eigenvalue weighted by Gasteiger charge is 2.21. The van der Waals surface area contributed by atoms with Gasteiger partial charge in [-0.2, -0.15) is 0 Å². The molecule has 11 aromatic rings. The first-order valence-corrected chi connectivity index (χ1v) is 18.4. The Balaban J connectivity index is 1.35. The van der Waals surface area contributed by atoms with Gasteiger partial charge in [-0.25, -0.2) is 0 Å². The van der Waals surface area contributed by atoms with Crippen molar-refractivity contribution in [2.75, 3.05) is 0 Å². The summed E-state index contributed by atoms with van der Waals surface area (Å²) in [6.45, 7) is 0. The molecule has 1 aromatic heterocycles. The van der Waals surface area contributed by atoms with Crippen LogP contribution in [-0.4, -0.2) is 0 Å². The Hall–Kier alpha value is -6.28. The summed E-state index contributed by atoms with van der Waals surface area (Å²) in [5.74, 6) is 0. The summed E-state index contributed by atoms with van der Waals surface area (Å²) < 4.78 is 2.66. The summed E-state index contributed by atoms with van der Waals surface area (Å²) in [5.41, 5.74) is 7.64. The van der Waals surface area contributed by atoms with Gasteiger partial charge in [0, 0.05) is 25.7 Å². The minimum atomic E-state index is 1.26. The molecule has 0 radical (unpaired) electrons. The normalized spacial score (nSPS) is 11.9. The van der Waals surface area contributed by atoms with Crippen molar-refractivity contribution in [2.45, 2.75) is 0 Å². The molecule has 0 fully saturated rings. The molecular formula is C50H30S. The van der Waals surface area contributed by atoms with E-state index < -0.39 is 0 Å². The van der Waals surface area contributed by atoms with Gasteiger partial charge in [-0.3, -0.25) is 0 Å². The van der Waals surface area contributed by atoms with E-state index in [1.165, 1.54) is 107 Å². The summed E-state index contributed by atoms with van der Waals surface area (Å²) in [4.78, 5) is 0. The molecule has 1 heteroatoms. The predicted octanol–water partition coefficient (Wildman–Crippen LogP) is 14.8. The highest BCUT2D eigenvalue weighted by Crippen LogP contribution is 2.50. The summed E-state index contributed by atoms with van der Waals surface area (Å²) >= 11 is 1.92. The maximum atomic E-state index is 2.48. The van der Waals surface area contributed by atoms with Crippen LogP contribution in [0, 0.1) is 0 Å². The first-order valence-electron chi connectivity index (χ1n) is 17.6. The zero-order valence-electron chi connectivity index (χ0n) is 27.7. The van der Waals surface area contributed by atoms with Crippen LogP contribution in [0.1, 0.15) is 0 Å². The first kappa shape index (κ1) is 28.5. The third kappa shape index (κ3) is 4.26. The average molecular weight is 663 g/mol. The molecule has 1 heterocycles. The van der Waals surface area contributed by atoms with Crippen LogP contribution in [0.4, 0.5) is 0 Å². The molecule has 0 nitrogen and oxygen atoms in total. The van der Waals surface area contributed by atoms with Crippen LogP contribution in [0.25, 0.3) is 107 Å². The Labute approximate surface area is 299 Å². The van der Waals surface area contributed by atoms with E-state index in [1.807, 2.05) is 11.3 Å². The van der Waals surface area contributed by atoms with Crippen LogP contribution in [0.5, 0.6) is 0 Å². The Morgan fingerprint density at radius 2 is 0.706 bits per heavy atom. The standard InChI is InChI=1S/C50H30S/c1-4-18-34-31(13-1)16-9-22-37(34)39-24-11-26-41-44(39)30-45-40(38-23-10-17-32-14-2-5-19-35(32)38)25-12-27-42(45)48(41)46-29-33-15-3-6-20-36(33)49-43-21-7-8-28-47(43)51-50(46)49/h1-30H. The zero-order valence-corrected chi connectivity index (χ0v) is 28.5. The van der Waals surface area contributed by atoms with Gasteiger partial charge in [0.1, 0.15) is 0 Å². The quantitative estimate of drug-likeness (QED) is 0.165. The topological polar surface area (TPSA) is 0 Å². The highest BCUT2D eigenvalue weighted by atomic mass is 32.1. The van der Waals surface area contributed by atoms with Gasteiger partial charge >= 0.3 is 0 Å². The van der Waals surface area contributed by atoms with Crippen molar-refractivity contribution in [3.05, 3.63) is 182 Å². The summed E-state index contributed by atoms with van der Waals surface area (Å²) in [7, 11) is 0.